The van der Waals surface area contributed by atoms with Gasteiger partial charge in [0.25, 0.3) is 0 Å². The molecule has 0 saturated carbocycles. The van der Waals surface area contributed by atoms with E-state index in [0.717, 1.165) is 21.5 Å². The number of hydrogen-bond donors (Lipinski definition) is 0. The Morgan fingerprint density at radius 1 is 0.556 bits per heavy atom. The highest BCUT2D eigenvalue weighted by Crippen LogP contribution is 2.29. The van der Waals surface area contributed by atoms with Crippen LogP contribution in [0.15, 0.2) is 58.1 Å². The first-order chi connectivity index (χ1) is 8.77. The zero-order chi connectivity index (χ0) is 12.3. The third-order valence-electron chi connectivity index (χ3n) is 3.60. The fourth-order valence-electron chi connectivity index (χ4n) is 2.70. The van der Waals surface area contributed by atoms with Crippen LogP contribution in [0.3, 0.4) is 0 Å². The van der Waals surface area contributed by atoms with Gasteiger partial charge in [-0.1, -0.05) is 42.5 Å². The molecule has 4 rings (SSSR count). The largest absolute Gasteiger partial charge is 0.285 e. The lowest BCUT2D eigenvalue weighted by atomic mass is 9.94. The summed E-state index contributed by atoms with van der Waals surface area (Å²) < 4.78 is 0. The first-order valence-corrected chi connectivity index (χ1v) is 5.81. The summed E-state index contributed by atoms with van der Waals surface area (Å²) in [5.41, 5.74) is -0.717. The van der Waals surface area contributed by atoms with E-state index >= 15 is 0 Å². The smallest absolute Gasteiger partial charge is 0.234 e. The van der Waals surface area contributed by atoms with Crippen LogP contribution < -0.4 is 10.9 Å². The quantitative estimate of drug-likeness (QED) is 0.345. The molecule has 0 fully saturated rings. The number of benzene rings is 3. The van der Waals surface area contributed by atoms with Crippen molar-refractivity contribution in [3.8, 4) is 0 Å². The number of fused-ring (bicyclic) bond motifs is 5. The van der Waals surface area contributed by atoms with Crippen LogP contribution in [0.1, 0.15) is 0 Å². The van der Waals surface area contributed by atoms with Gasteiger partial charge in [0.05, 0.1) is 0 Å². The molecule has 0 spiro atoms. The summed E-state index contributed by atoms with van der Waals surface area (Å²) in [6.45, 7) is 0. The van der Waals surface area contributed by atoms with Gasteiger partial charge in [0.1, 0.15) is 0 Å². The summed E-state index contributed by atoms with van der Waals surface area (Å²) in [5.74, 6) is 0. The van der Waals surface area contributed by atoms with Crippen LogP contribution in [-0.4, -0.2) is 0 Å². The molecular formula is C16H8O2. The molecule has 0 aliphatic heterocycles. The van der Waals surface area contributed by atoms with Crippen LogP contribution in [0.4, 0.5) is 0 Å². The Hall–Kier alpha value is -2.48. The van der Waals surface area contributed by atoms with Gasteiger partial charge in [-0.2, -0.15) is 0 Å². The Bertz CT molecular complexity index is 1000. The molecule has 84 valence electrons. The van der Waals surface area contributed by atoms with Crippen LogP contribution in [0, 0.1) is 0 Å². The van der Waals surface area contributed by atoms with Crippen molar-refractivity contribution in [1.82, 2.24) is 0 Å². The van der Waals surface area contributed by atoms with Gasteiger partial charge >= 0.3 is 0 Å². The zero-order valence-electron chi connectivity index (χ0n) is 9.44. The van der Waals surface area contributed by atoms with Crippen molar-refractivity contribution < 1.29 is 0 Å². The van der Waals surface area contributed by atoms with Crippen molar-refractivity contribution in [3.63, 3.8) is 0 Å². The SMILES string of the molecule is O=c1c(=O)c2c1ccc1c3ccccc3ccc12. The summed E-state index contributed by atoms with van der Waals surface area (Å²) in [7, 11) is 0. The second kappa shape index (κ2) is 3.05. The molecule has 0 amide bonds. The molecule has 18 heavy (non-hydrogen) atoms. The van der Waals surface area contributed by atoms with Crippen LogP contribution in [0.25, 0.3) is 32.3 Å². The lowest BCUT2D eigenvalue weighted by Crippen LogP contribution is -2.30. The average Bonchev–Trinajstić information content (AvgIpc) is 2.44. The second-order valence-electron chi connectivity index (χ2n) is 4.53. The zero-order valence-corrected chi connectivity index (χ0v) is 9.44. The third-order valence-corrected chi connectivity index (χ3v) is 3.60. The maximum atomic E-state index is 11.7. The molecule has 0 aromatic heterocycles. The Labute approximate surface area is 102 Å². The van der Waals surface area contributed by atoms with Gasteiger partial charge in [0.15, 0.2) is 0 Å². The van der Waals surface area contributed by atoms with Gasteiger partial charge in [0, 0.05) is 10.8 Å². The van der Waals surface area contributed by atoms with E-state index in [-0.39, 0.29) is 10.9 Å². The Balaban J connectivity index is 2.36. The molecule has 2 nitrogen and oxygen atoms in total. The van der Waals surface area contributed by atoms with Crippen molar-refractivity contribution in [1.29, 1.82) is 0 Å². The molecule has 2 heteroatoms. The van der Waals surface area contributed by atoms with Crippen molar-refractivity contribution in [2.45, 2.75) is 0 Å². The van der Waals surface area contributed by atoms with E-state index in [1.807, 2.05) is 42.5 Å². The van der Waals surface area contributed by atoms with E-state index < -0.39 is 0 Å². The van der Waals surface area contributed by atoms with E-state index in [4.69, 9.17) is 0 Å². The minimum Gasteiger partial charge on any atom is -0.285 e. The standard InChI is InChI=1S/C16H8O2/c17-15-13-8-7-11-10-4-2-1-3-9(10)5-6-12(11)14(13)16(15)18/h1-8H. The summed E-state index contributed by atoms with van der Waals surface area (Å²) in [6, 6.07) is 15.7. The lowest BCUT2D eigenvalue weighted by molar-refractivity contribution is 1.56. The Kier molecular flexibility index (Phi) is 1.61. The van der Waals surface area contributed by atoms with Crippen molar-refractivity contribution in [3.05, 3.63) is 69.0 Å². The minimum absolute atomic E-state index is 0.356. The van der Waals surface area contributed by atoms with Crippen molar-refractivity contribution >= 4 is 32.3 Å². The molecule has 0 aliphatic rings. The van der Waals surface area contributed by atoms with E-state index in [1.54, 1.807) is 6.07 Å². The van der Waals surface area contributed by atoms with E-state index in [9.17, 15) is 9.59 Å². The van der Waals surface area contributed by atoms with Crippen LogP contribution in [0.2, 0.25) is 0 Å². The molecule has 0 bridgehead atoms. The highest BCUT2D eigenvalue weighted by Gasteiger charge is 2.15. The number of rotatable bonds is 0. The predicted octanol–water partition coefficient (Wildman–Crippen LogP) is 2.74. The van der Waals surface area contributed by atoms with Crippen molar-refractivity contribution in [2.24, 2.45) is 0 Å². The predicted molar refractivity (Wildman–Crippen MR) is 73.9 cm³/mol. The minimum atomic E-state index is -0.361. The van der Waals surface area contributed by atoms with Gasteiger partial charge in [-0.3, -0.25) is 9.59 Å². The molecule has 0 heterocycles. The monoisotopic (exact) mass is 232 g/mol. The first kappa shape index (κ1) is 9.54. The molecule has 0 radical (unpaired) electrons. The molecular weight excluding hydrogens is 224 g/mol. The molecule has 0 atom stereocenters. The van der Waals surface area contributed by atoms with Crippen molar-refractivity contribution in [2.75, 3.05) is 0 Å². The van der Waals surface area contributed by atoms with Gasteiger partial charge in [-0.15, -0.1) is 0 Å². The lowest BCUT2D eigenvalue weighted by Gasteiger charge is -2.07. The van der Waals surface area contributed by atoms with Crippen LogP contribution >= 0.6 is 0 Å². The highest BCUT2D eigenvalue weighted by atomic mass is 16.2. The third kappa shape index (κ3) is 0.979. The molecule has 0 N–H and O–H groups in total. The first-order valence-electron chi connectivity index (χ1n) is 5.81. The second-order valence-corrected chi connectivity index (χ2v) is 4.53. The summed E-state index contributed by atoms with van der Waals surface area (Å²) in [5, 5.41) is 5.32. The number of hydrogen-bond acceptors (Lipinski definition) is 2. The fraction of sp³-hybridized carbons (Fsp3) is 0. The summed E-state index contributed by atoms with van der Waals surface area (Å²) >= 11 is 0. The summed E-state index contributed by atoms with van der Waals surface area (Å²) in [4.78, 5) is 23.1. The molecule has 0 unspecified atom stereocenters. The van der Waals surface area contributed by atoms with E-state index in [0.29, 0.717) is 10.8 Å². The topological polar surface area (TPSA) is 34.1 Å². The van der Waals surface area contributed by atoms with E-state index in [2.05, 4.69) is 0 Å². The van der Waals surface area contributed by atoms with Gasteiger partial charge in [0.2, 0.25) is 10.9 Å². The van der Waals surface area contributed by atoms with Crippen LogP contribution in [0.5, 0.6) is 0 Å². The normalized spacial score (nSPS) is 11.8. The van der Waals surface area contributed by atoms with Crippen LogP contribution in [-0.2, 0) is 0 Å². The van der Waals surface area contributed by atoms with Gasteiger partial charge in [-0.25, -0.2) is 0 Å². The highest BCUT2D eigenvalue weighted by molar-refractivity contribution is 6.18. The van der Waals surface area contributed by atoms with Gasteiger partial charge in [-0.05, 0) is 27.6 Å². The fourth-order valence-corrected chi connectivity index (χ4v) is 2.70. The maximum absolute atomic E-state index is 11.7. The molecule has 4 aromatic carbocycles. The average molecular weight is 232 g/mol. The van der Waals surface area contributed by atoms with E-state index in [1.165, 1.54) is 0 Å². The maximum Gasteiger partial charge on any atom is 0.234 e. The Morgan fingerprint density at radius 3 is 2.17 bits per heavy atom. The molecule has 4 aromatic rings. The molecule has 0 aliphatic carbocycles. The Morgan fingerprint density at radius 2 is 1.28 bits per heavy atom. The summed E-state index contributed by atoms with van der Waals surface area (Å²) in [6.07, 6.45) is 0. The van der Waals surface area contributed by atoms with Gasteiger partial charge < -0.3 is 0 Å². The molecule has 0 saturated heterocycles.